The van der Waals surface area contributed by atoms with Crippen LogP contribution in [0.5, 0.6) is 11.5 Å². The first kappa shape index (κ1) is 25.3. The number of carbonyl (C=O) groups excluding carboxylic acids is 2. The van der Waals surface area contributed by atoms with Crippen molar-refractivity contribution in [2.75, 3.05) is 46.0 Å². The summed E-state index contributed by atoms with van der Waals surface area (Å²) in [6.07, 6.45) is 1.49. The van der Waals surface area contributed by atoms with E-state index in [9.17, 15) is 14.7 Å². The minimum absolute atomic E-state index is 0.0579. The molecule has 2 aromatic carbocycles. The lowest BCUT2D eigenvalue weighted by molar-refractivity contribution is -0.140. The second-order valence-electron chi connectivity index (χ2n) is 9.73. The largest absolute Gasteiger partial charge is 0.507 e. The van der Waals surface area contributed by atoms with Crippen LogP contribution in [0.2, 0.25) is 0 Å². The highest BCUT2D eigenvalue weighted by molar-refractivity contribution is 6.46. The molecule has 1 amide bonds. The number of benzene rings is 2. The highest BCUT2D eigenvalue weighted by Crippen LogP contribution is 2.43. The van der Waals surface area contributed by atoms with E-state index in [0.717, 1.165) is 37.4 Å². The number of likely N-dealkylation sites (tertiary alicyclic amines) is 1. The van der Waals surface area contributed by atoms with Crippen molar-refractivity contribution in [2.24, 2.45) is 0 Å². The molecule has 1 N–H and O–H groups in total. The van der Waals surface area contributed by atoms with Crippen molar-refractivity contribution in [3.63, 3.8) is 0 Å². The van der Waals surface area contributed by atoms with Gasteiger partial charge in [-0.05, 0) is 50.1 Å². The van der Waals surface area contributed by atoms with Crippen LogP contribution in [0.15, 0.2) is 48.0 Å². The molecule has 3 aliphatic heterocycles. The number of ketones is 1. The average molecular weight is 507 g/mol. The third kappa shape index (κ3) is 5.08. The van der Waals surface area contributed by atoms with Crippen LogP contribution in [-0.2, 0) is 20.7 Å². The molecule has 8 heteroatoms. The van der Waals surface area contributed by atoms with E-state index in [0.29, 0.717) is 49.7 Å². The Morgan fingerprint density at radius 2 is 1.89 bits per heavy atom. The van der Waals surface area contributed by atoms with Crippen LogP contribution in [-0.4, -0.2) is 78.7 Å². The first-order valence-corrected chi connectivity index (χ1v) is 13.1. The highest BCUT2D eigenvalue weighted by Gasteiger charge is 2.47. The van der Waals surface area contributed by atoms with Gasteiger partial charge in [0.05, 0.1) is 31.4 Å². The normalized spacial score (nSPS) is 23.2. The van der Waals surface area contributed by atoms with Gasteiger partial charge in [-0.25, -0.2) is 0 Å². The van der Waals surface area contributed by atoms with Gasteiger partial charge in [-0.15, -0.1) is 0 Å². The first-order chi connectivity index (χ1) is 18.0. The molecular formula is C29H34N2O6. The molecule has 0 radical (unpaired) electrons. The van der Waals surface area contributed by atoms with Crippen molar-refractivity contribution >= 4 is 17.4 Å². The van der Waals surface area contributed by atoms with Gasteiger partial charge in [0.2, 0.25) is 0 Å². The van der Waals surface area contributed by atoms with Gasteiger partial charge in [-0.2, -0.15) is 0 Å². The monoisotopic (exact) mass is 506 g/mol. The number of amides is 1. The zero-order chi connectivity index (χ0) is 25.9. The second-order valence-corrected chi connectivity index (χ2v) is 9.73. The molecule has 2 saturated heterocycles. The molecule has 8 nitrogen and oxygen atoms in total. The summed E-state index contributed by atoms with van der Waals surface area (Å²) >= 11 is 0. The van der Waals surface area contributed by atoms with Crippen molar-refractivity contribution in [3.8, 4) is 11.5 Å². The molecule has 196 valence electrons. The Labute approximate surface area is 217 Å². The molecule has 2 aromatic rings. The number of ether oxygens (including phenoxy) is 3. The molecule has 3 heterocycles. The molecular weight excluding hydrogens is 472 g/mol. The number of nitrogens with zero attached hydrogens (tertiary/aromatic N) is 2. The van der Waals surface area contributed by atoms with E-state index in [-0.39, 0.29) is 17.4 Å². The number of carbonyl (C=O) groups is 2. The Kier molecular flexibility index (Phi) is 7.48. The van der Waals surface area contributed by atoms with Crippen LogP contribution in [0, 0.1) is 0 Å². The summed E-state index contributed by atoms with van der Waals surface area (Å²) < 4.78 is 17.1. The molecule has 0 saturated carbocycles. The zero-order valence-corrected chi connectivity index (χ0v) is 21.4. The number of aliphatic hydroxyl groups excluding tert-OH is 1. The van der Waals surface area contributed by atoms with Crippen molar-refractivity contribution in [1.29, 1.82) is 0 Å². The van der Waals surface area contributed by atoms with Crippen LogP contribution in [0.3, 0.4) is 0 Å². The Morgan fingerprint density at radius 1 is 1.11 bits per heavy atom. The molecule has 2 atom stereocenters. The predicted molar refractivity (Wildman–Crippen MR) is 139 cm³/mol. The summed E-state index contributed by atoms with van der Waals surface area (Å²) in [6.45, 7) is 8.64. The number of fused-ring (bicyclic) bond motifs is 1. The smallest absolute Gasteiger partial charge is 0.295 e. The summed E-state index contributed by atoms with van der Waals surface area (Å²) in [5.74, 6) is -0.0704. The minimum Gasteiger partial charge on any atom is -0.507 e. The summed E-state index contributed by atoms with van der Waals surface area (Å²) in [5, 5.41) is 11.5. The van der Waals surface area contributed by atoms with Crippen LogP contribution in [0.25, 0.3) is 5.76 Å². The fourth-order valence-electron chi connectivity index (χ4n) is 5.44. The third-order valence-electron chi connectivity index (χ3n) is 7.20. The summed E-state index contributed by atoms with van der Waals surface area (Å²) in [5.41, 5.74) is 2.26. The quantitative estimate of drug-likeness (QED) is 0.333. The maximum absolute atomic E-state index is 13.4. The lowest BCUT2D eigenvalue weighted by Gasteiger charge is -2.29. The van der Waals surface area contributed by atoms with Gasteiger partial charge in [-0.1, -0.05) is 18.2 Å². The summed E-state index contributed by atoms with van der Waals surface area (Å²) in [4.78, 5) is 30.7. The van der Waals surface area contributed by atoms with E-state index < -0.39 is 17.7 Å². The molecule has 0 aliphatic carbocycles. The maximum Gasteiger partial charge on any atom is 0.295 e. The van der Waals surface area contributed by atoms with Gasteiger partial charge >= 0.3 is 0 Å². The molecule has 37 heavy (non-hydrogen) atoms. The maximum atomic E-state index is 13.4. The fraction of sp³-hybridized carbons (Fsp3) is 0.448. The van der Waals surface area contributed by atoms with E-state index in [4.69, 9.17) is 14.2 Å². The summed E-state index contributed by atoms with van der Waals surface area (Å²) in [7, 11) is 0. The predicted octanol–water partition coefficient (Wildman–Crippen LogP) is 3.55. The van der Waals surface area contributed by atoms with Gasteiger partial charge < -0.3 is 24.2 Å². The molecule has 0 spiro atoms. The number of morpholine rings is 1. The van der Waals surface area contributed by atoms with Gasteiger partial charge in [0, 0.05) is 43.7 Å². The molecule has 0 bridgehead atoms. The number of aliphatic hydroxyl groups is 1. The number of para-hydroxylation sites is 1. The molecule has 0 aromatic heterocycles. The molecule has 3 aliphatic rings. The van der Waals surface area contributed by atoms with E-state index in [1.54, 1.807) is 11.0 Å². The minimum atomic E-state index is -0.740. The van der Waals surface area contributed by atoms with Crippen LogP contribution in [0.4, 0.5) is 0 Å². The van der Waals surface area contributed by atoms with E-state index in [2.05, 4.69) is 4.90 Å². The lowest BCUT2D eigenvalue weighted by atomic mass is 9.94. The standard InChI is InChI=1S/C29H34N2O6/c1-3-36-24-8-5-4-7-22(24)26-25(27(32)20-9-10-23-21(18-20)17-19(2)37-23)28(33)29(34)31(26)12-6-11-30-13-15-35-16-14-30/h4-5,7-10,18-19,26,32H,3,6,11-17H2,1-2H3/b27-25+. The summed E-state index contributed by atoms with van der Waals surface area (Å²) in [6, 6.07) is 12.1. The molecule has 5 rings (SSSR count). The van der Waals surface area contributed by atoms with Crippen molar-refractivity contribution in [3.05, 3.63) is 64.7 Å². The topological polar surface area (TPSA) is 88.5 Å². The van der Waals surface area contributed by atoms with Crippen molar-refractivity contribution in [2.45, 2.75) is 38.8 Å². The first-order valence-electron chi connectivity index (χ1n) is 13.1. The Bertz CT molecular complexity index is 1200. The Morgan fingerprint density at radius 3 is 2.68 bits per heavy atom. The highest BCUT2D eigenvalue weighted by atomic mass is 16.5. The van der Waals surface area contributed by atoms with Crippen LogP contribution >= 0.6 is 0 Å². The van der Waals surface area contributed by atoms with Crippen LogP contribution in [0.1, 0.15) is 43.0 Å². The van der Waals surface area contributed by atoms with E-state index in [1.807, 2.05) is 50.2 Å². The Hall–Kier alpha value is -3.36. The molecule has 2 fully saturated rings. The lowest BCUT2D eigenvalue weighted by Crippen LogP contribution is -2.39. The van der Waals surface area contributed by atoms with E-state index >= 15 is 0 Å². The fourth-order valence-corrected chi connectivity index (χ4v) is 5.44. The Balaban J connectivity index is 1.52. The van der Waals surface area contributed by atoms with E-state index in [1.165, 1.54) is 0 Å². The van der Waals surface area contributed by atoms with Gasteiger partial charge in [0.1, 0.15) is 23.4 Å². The van der Waals surface area contributed by atoms with Gasteiger partial charge in [-0.3, -0.25) is 14.5 Å². The molecule has 2 unspecified atom stereocenters. The SMILES string of the molecule is CCOc1ccccc1C1/C(=C(\O)c2ccc3c(c2)CC(C)O3)C(=O)C(=O)N1CCCN1CCOCC1. The van der Waals surface area contributed by atoms with Gasteiger partial charge in [0.25, 0.3) is 11.7 Å². The number of Topliss-reactive ketones (excluding diaryl/α,β-unsaturated/α-hetero) is 1. The zero-order valence-electron chi connectivity index (χ0n) is 21.4. The number of rotatable bonds is 8. The average Bonchev–Trinajstić information content (AvgIpc) is 3.40. The van der Waals surface area contributed by atoms with Gasteiger partial charge in [0.15, 0.2) is 0 Å². The second kappa shape index (κ2) is 10.9. The third-order valence-corrected chi connectivity index (χ3v) is 7.20. The number of hydrogen-bond acceptors (Lipinski definition) is 7. The van der Waals surface area contributed by atoms with Crippen molar-refractivity contribution < 1.29 is 28.9 Å². The van der Waals surface area contributed by atoms with Crippen LogP contribution < -0.4 is 9.47 Å². The number of hydrogen-bond donors (Lipinski definition) is 1. The van der Waals surface area contributed by atoms with Crippen molar-refractivity contribution in [1.82, 2.24) is 9.80 Å².